The second-order valence-electron chi connectivity index (χ2n) is 11.1. The summed E-state index contributed by atoms with van der Waals surface area (Å²) in [5.41, 5.74) is 2.67. The van der Waals surface area contributed by atoms with Crippen molar-refractivity contribution in [2.24, 2.45) is 5.41 Å². The number of alkyl carbamates (subject to hydrolysis) is 1. The number of rotatable bonds is 11. The highest BCUT2D eigenvalue weighted by Crippen LogP contribution is 2.25. The van der Waals surface area contributed by atoms with Crippen LogP contribution >= 0.6 is 0 Å². The summed E-state index contributed by atoms with van der Waals surface area (Å²) in [6.45, 7) is 12.2. The number of carbonyl (C=O) groups is 3. The second-order valence-corrected chi connectivity index (χ2v) is 11.1. The SMILES string of the molecule is CCCC[C@H](NC(=O)O[C@H](Cn1ccc(-c2ccc(C)cc2)n1)C(C)(C)C)C(=O)CNC(=O)N1CCOCC1. The molecule has 39 heavy (non-hydrogen) atoms. The molecule has 2 atom stereocenters. The van der Waals surface area contributed by atoms with Crippen molar-refractivity contribution in [1.82, 2.24) is 25.3 Å². The molecule has 0 radical (unpaired) electrons. The largest absolute Gasteiger partial charge is 0.444 e. The number of Topliss-reactive ketones (excluding diaryl/α,β-unsaturated/α-hetero) is 1. The van der Waals surface area contributed by atoms with Gasteiger partial charge in [-0.25, -0.2) is 9.59 Å². The average molecular weight is 542 g/mol. The third kappa shape index (κ3) is 9.38. The first-order chi connectivity index (χ1) is 18.6. The van der Waals surface area contributed by atoms with Crippen LogP contribution in [-0.2, 0) is 20.8 Å². The number of aromatic nitrogens is 2. The molecule has 0 aliphatic carbocycles. The number of hydrogen-bond donors (Lipinski definition) is 2. The molecular formula is C29H43N5O5. The van der Waals surface area contributed by atoms with Gasteiger partial charge in [-0.1, -0.05) is 70.4 Å². The Labute approximate surface area is 231 Å². The van der Waals surface area contributed by atoms with Gasteiger partial charge < -0.3 is 25.0 Å². The van der Waals surface area contributed by atoms with Crippen molar-refractivity contribution >= 4 is 17.9 Å². The topological polar surface area (TPSA) is 115 Å². The number of morpholine rings is 1. The molecule has 214 valence electrons. The van der Waals surface area contributed by atoms with Crippen LogP contribution in [0.25, 0.3) is 11.3 Å². The molecule has 0 spiro atoms. The van der Waals surface area contributed by atoms with Crippen molar-refractivity contribution in [3.05, 3.63) is 42.1 Å². The van der Waals surface area contributed by atoms with Gasteiger partial charge in [0.1, 0.15) is 6.10 Å². The third-order valence-electron chi connectivity index (χ3n) is 6.80. The number of nitrogens with zero attached hydrogens (tertiary/aromatic N) is 3. The Kier molecular flexibility index (Phi) is 10.9. The maximum absolute atomic E-state index is 13.0. The van der Waals surface area contributed by atoms with Gasteiger partial charge in [0.15, 0.2) is 5.78 Å². The predicted octanol–water partition coefficient (Wildman–Crippen LogP) is 4.17. The van der Waals surface area contributed by atoms with Crippen molar-refractivity contribution < 1.29 is 23.9 Å². The van der Waals surface area contributed by atoms with Crippen molar-refractivity contribution in [2.45, 2.75) is 72.6 Å². The van der Waals surface area contributed by atoms with E-state index in [-0.39, 0.29) is 23.8 Å². The van der Waals surface area contributed by atoms with Crippen LogP contribution in [0.2, 0.25) is 0 Å². The molecule has 1 aromatic heterocycles. The maximum atomic E-state index is 13.0. The molecule has 2 N–H and O–H groups in total. The standard InChI is InChI=1S/C29H43N5O5/c1-6-7-8-24(25(35)19-30-27(36)33-15-17-38-18-16-33)31-28(37)39-26(29(3,4)5)20-34-14-13-23(32-34)22-11-9-21(2)10-12-22/h9-14,24,26H,6-8,15-20H2,1-5H3,(H,30,36)(H,31,37)/t24-,26+/m0/s1. The number of ketones is 1. The molecule has 10 heteroatoms. The van der Waals surface area contributed by atoms with Crippen LogP contribution in [-0.4, -0.2) is 77.6 Å². The summed E-state index contributed by atoms with van der Waals surface area (Å²) in [7, 11) is 0. The Morgan fingerprint density at radius 1 is 1.10 bits per heavy atom. The first-order valence-electron chi connectivity index (χ1n) is 13.8. The van der Waals surface area contributed by atoms with E-state index in [9.17, 15) is 14.4 Å². The molecule has 1 fully saturated rings. The summed E-state index contributed by atoms with van der Waals surface area (Å²) in [5, 5.41) is 10.1. The summed E-state index contributed by atoms with van der Waals surface area (Å²) < 4.78 is 12.9. The van der Waals surface area contributed by atoms with Crippen molar-refractivity contribution in [2.75, 3.05) is 32.8 Å². The van der Waals surface area contributed by atoms with Gasteiger partial charge in [0.25, 0.3) is 0 Å². The summed E-state index contributed by atoms with van der Waals surface area (Å²) in [4.78, 5) is 40.0. The van der Waals surface area contributed by atoms with E-state index in [4.69, 9.17) is 9.47 Å². The van der Waals surface area contributed by atoms with E-state index in [0.717, 1.165) is 24.1 Å². The summed E-state index contributed by atoms with van der Waals surface area (Å²) in [5.74, 6) is -0.260. The van der Waals surface area contributed by atoms with Gasteiger partial charge in [-0.2, -0.15) is 5.10 Å². The van der Waals surface area contributed by atoms with E-state index in [0.29, 0.717) is 39.3 Å². The van der Waals surface area contributed by atoms with E-state index in [1.165, 1.54) is 5.56 Å². The fraction of sp³-hybridized carbons (Fsp3) is 0.586. The molecular weight excluding hydrogens is 498 g/mol. The van der Waals surface area contributed by atoms with Gasteiger partial charge in [-0.3, -0.25) is 9.48 Å². The number of carbonyl (C=O) groups excluding carboxylic acids is 3. The van der Waals surface area contributed by atoms with Gasteiger partial charge >= 0.3 is 12.1 Å². The van der Waals surface area contributed by atoms with Crippen LogP contribution in [0.15, 0.2) is 36.5 Å². The number of aryl methyl sites for hydroxylation is 1. The molecule has 1 aliphatic heterocycles. The minimum absolute atomic E-state index is 0.164. The van der Waals surface area contributed by atoms with Gasteiger partial charge in [0.2, 0.25) is 0 Å². The lowest BCUT2D eigenvalue weighted by atomic mass is 9.89. The number of urea groups is 1. The number of unbranched alkanes of at least 4 members (excludes halogenated alkanes) is 1. The Hall–Kier alpha value is -3.40. The number of nitrogens with one attached hydrogen (secondary N) is 2. The number of ether oxygens (including phenoxy) is 2. The highest BCUT2D eigenvalue weighted by atomic mass is 16.6. The van der Waals surface area contributed by atoms with Crippen LogP contribution in [0.3, 0.4) is 0 Å². The van der Waals surface area contributed by atoms with E-state index in [1.807, 2.05) is 71.1 Å². The third-order valence-corrected chi connectivity index (χ3v) is 6.80. The molecule has 0 unspecified atom stereocenters. The molecule has 3 rings (SSSR count). The molecule has 3 amide bonds. The highest BCUT2D eigenvalue weighted by molar-refractivity contribution is 5.91. The predicted molar refractivity (Wildman–Crippen MR) is 149 cm³/mol. The zero-order valence-electron chi connectivity index (χ0n) is 23.9. The van der Waals surface area contributed by atoms with Crippen LogP contribution in [0.5, 0.6) is 0 Å². The van der Waals surface area contributed by atoms with Gasteiger partial charge in [0.05, 0.1) is 38.0 Å². The van der Waals surface area contributed by atoms with E-state index in [2.05, 4.69) is 15.7 Å². The monoisotopic (exact) mass is 541 g/mol. The maximum Gasteiger partial charge on any atom is 0.408 e. The smallest absolute Gasteiger partial charge is 0.408 e. The zero-order valence-corrected chi connectivity index (χ0v) is 23.9. The summed E-state index contributed by atoms with van der Waals surface area (Å²) in [6.07, 6.45) is 2.82. The zero-order chi connectivity index (χ0) is 28.4. The average Bonchev–Trinajstić information content (AvgIpc) is 3.38. The lowest BCUT2D eigenvalue weighted by Gasteiger charge is -2.31. The molecule has 0 bridgehead atoms. The molecule has 1 saturated heterocycles. The molecule has 2 heterocycles. The molecule has 10 nitrogen and oxygen atoms in total. The molecule has 0 saturated carbocycles. The Morgan fingerprint density at radius 3 is 2.44 bits per heavy atom. The number of hydrogen-bond acceptors (Lipinski definition) is 6. The Morgan fingerprint density at radius 2 is 1.79 bits per heavy atom. The Balaban J connectivity index is 1.60. The van der Waals surface area contributed by atoms with Crippen LogP contribution < -0.4 is 10.6 Å². The van der Waals surface area contributed by atoms with Gasteiger partial charge in [-0.05, 0) is 19.4 Å². The first-order valence-corrected chi connectivity index (χ1v) is 13.8. The lowest BCUT2D eigenvalue weighted by Crippen LogP contribution is -2.51. The minimum Gasteiger partial charge on any atom is -0.444 e. The van der Waals surface area contributed by atoms with Crippen LogP contribution in [0.4, 0.5) is 9.59 Å². The van der Waals surface area contributed by atoms with Crippen LogP contribution in [0.1, 0.15) is 52.5 Å². The minimum atomic E-state index is -0.749. The normalized spacial score (nSPS) is 15.4. The summed E-state index contributed by atoms with van der Waals surface area (Å²) in [6, 6.07) is 9.04. The molecule has 2 aromatic rings. The number of amides is 3. The second kappa shape index (κ2) is 14.1. The quantitative estimate of drug-likeness (QED) is 0.441. The van der Waals surface area contributed by atoms with E-state index in [1.54, 1.807) is 9.58 Å². The van der Waals surface area contributed by atoms with E-state index >= 15 is 0 Å². The van der Waals surface area contributed by atoms with Crippen molar-refractivity contribution in [3.63, 3.8) is 0 Å². The fourth-order valence-electron chi connectivity index (χ4n) is 4.19. The molecule has 1 aliphatic rings. The van der Waals surface area contributed by atoms with E-state index < -0.39 is 18.2 Å². The lowest BCUT2D eigenvalue weighted by molar-refractivity contribution is -0.120. The molecule has 1 aromatic carbocycles. The van der Waals surface area contributed by atoms with Crippen molar-refractivity contribution in [3.8, 4) is 11.3 Å². The fourth-order valence-corrected chi connectivity index (χ4v) is 4.19. The van der Waals surface area contributed by atoms with Crippen LogP contribution in [0, 0.1) is 12.3 Å². The first kappa shape index (κ1) is 30.1. The van der Waals surface area contributed by atoms with Gasteiger partial charge in [-0.15, -0.1) is 0 Å². The van der Waals surface area contributed by atoms with Gasteiger partial charge in [0, 0.05) is 30.3 Å². The van der Waals surface area contributed by atoms with Crippen molar-refractivity contribution in [1.29, 1.82) is 0 Å². The highest BCUT2D eigenvalue weighted by Gasteiger charge is 2.31. The summed E-state index contributed by atoms with van der Waals surface area (Å²) >= 11 is 0. The Bertz CT molecular complexity index is 1090. The number of benzene rings is 1.